The third kappa shape index (κ3) is 2.08. The molecule has 0 amide bonds. The van der Waals surface area contributed by atoms with Gasteiger partial charge < -0.3 is 5.11 Å². The number of aliphatic hydroxyl groups excluding tert-OH is 1. The van der Waals surface area contributed by atoms with Gasteiger partial charge in [-0.15, -0.1) is 0 Å². The van der Waals surface area contributed by atoms with Gasteiger partial charge in [0.1, 0.15) is 18.3 Å². The van der Waals surface area contributed by atoms with Crippen molar-refractivity contribution in [2.24, 2.45) is 5.41 Å². The highest BCUT2D eigenvalue weighted by Crippen LogP contribution is 2.42. The molecule has 0 saturated heterocycles. The largest absolute Gasteiger partial charge is 0.395 e. The first kappa shape index (κ1) is 12.9. The van der Waals surface area contributed by atoms with Gasteiger partial charge in [0.2, 0.25) is 0 Å². The first-order chi connectivity index (χ1) is 8.63. The predicted molar refractivity (Wildman–Crippen MR) is 63.6 cm³/mol. The third-order valence-corrected chi connectivity index (χ3v) is 3.26. The van der Waals surface area contributed by atoms with E-state index in [0.717, 1.165) is 12.1 Å². The molecule has 4 heteroatoms. The summed E-state index contributed by atoms with van der Waals surface area (Å²) >= 11 is 0. The van der Waals surface area contributed by atoms with Crippen LogP contribution in [0.3, 0.4) is 0 Å². The first-order valence-corrected chi connectivity index (χ1v) is 5.62. The minimum Gasteiger partial charge on any atom is -0.395 e. The molecule has 1 aromatic carbocycles. The van der Waals surface area contributed by atoms with Crippen molar-refractivity contribution in [3.05, 3.63) is 53.6 Å². The topological polar surface area (TPSA) is 20.2 Å². The number of benzene rings is 1. The van der Waals surface area contributed by atoms with E-state index >= 15 is 0 Å². The van der Waals surface area contributed by atoms with Crippen LogP contribution in [0.15, 0.2) is 36.4 Å². The van der Waals surface area contributed by atoms with Gasteiger partial charge in [0.25, 0.3) is 0 Å². The SMILES string of the molecule is OCC1(CF)CC=CC=C1c1ccc(F)cc1F. The number of hydrogen-bond acceptors (Lipinski definition) is 1. The van der Waals surface area contributed by atoms with E-state index in [4.69, 9.17) is 0 Å². The summed E-state index contributed by atoms with van der Waals surface area (Å²) in [6.45, 7) is -1.22. The zero-order valence-corrected chi connectivity index (χ0v) is 9.67. The van der Waals surface area contributed by atoms with E-state index in [1.165, 1.54) is 6.07 Å². The van der Waals surface area contributed by atoms with Crippen LogP contribution < -0.4 is 0 Å². The maximum atomic E-state index is 13.7. The molecule has 96 valence electrons. The highest BCUT2D eigenvalue weighted by Gasteiger charge is 2.36. The lowest BCUT2D eigenvalue weighted by Gasteiger charge is -2.33. The number of aliphatic hydroxyl groups is 1. The van der Waals surface area contributed by atoms with Crippen molar-refractivity contribution < 1.29 is 18.3 Å². The Balaban J connectivity index is 2.52. The number of allylic oxidation sites excluding steroid dienone is 3. The molecule has 1 nitrogen and oxygen atoms in total. The van der Waals surface area contributed by atoms with Crippen molar-refractivity contribution in [1.82, 2.24) is 0 Å². The fourth-order valence-corrected chi connectivity index (χ4v) is 2.15. The molecule has 1 aliphatic rings. The normalized spacial score (nSPS) is 23.0. The van der Waals surface area contributed by atoms with Gasteiger partial charge in [0, 0.05) is 11.6 Å². The highest BCUT2D eigenvalue weighted by atomic mass is 19.1. The lowest BCUT2D eigenvalue weighted by atomic mass is 9.73. The number of hydrogen-bond donors (Lipinski definition) is 1. The first-order valence-electron chi connectivity index (χ1n) is 5.62. The lowest BCUT2D eigenvalue weighted by molar-refractivity contribution is 0.146. The average Bonchev–Trinajstić information content (AvgIpc) is 2.39. The molecule has 0 bridgehead atoms. The quantitative estimate of drug-likeness (QED) is 0.877. The standard InChI is InChI=1S/C14H13F3O/c15-8-14(9-18)6-2-1-3-12(14)11-5-4-10(16)7-13(11)17/h1-5,7,18H,6,8-9H2. The molecule has 1 aliphatic carbocycles. The van der Waals surface area contributed by atoms with Crippen LogP contribution in [-0.4, -0.2) is 18.4 Å². The lowest BCUT2D eigenvalue weighted by Crippen LogP contribution is -2.30. The van der Waals surface area contributed by atoms with Crippen LogP contribution in [0.1, 0.15) is 12.0 Å². The molecular weight excluding hydrogens is 241 g/mol. The zero-order chi connectivity index (χ0) is 13.2. The van der Waals surface area contributed by atoms with Crippen molar-refractivity contribution in [2.75, 3.05) is 13.3 Å². The minimum absolute atomic E-state index is 0.132. The van der Waals surface area contributed by atoms with Gasteiger partial charge in [0.05, 0.1) is 12.0 Å². The van der Waals surface area contributed by atoms with Crippen LogP contribution in [0.5, 0.6) is 0 Å². The van der Waals surface area contributed by atoms with Gasteiger partial charge in [0.15, 0.2) is 0 Å². The Hall–Kier alpha value is -1.55. The second-order valence-electron chi connectivity index (χ2n) is 4.41. The van der Waals surface area contributed by atoms with Gasteiger partial charge in [-0.3, -0.25) is 4.39 Å². The molecule has 0 saturated carbocycles. The van der Waals surface area contributed by atoms with Crippen LogP contribution in [0.2, 0.25) is 0 Å². The number of alkyl halides is 1. The maximum absolute atomic E-state index is 13.7. The summed E-state index contributed by atoms with van der Waals surface area (Å²) in [5, 5.41) is 9.41. The van der Waals surface area contributed by atoms with Crippen LogP contribution in [0.25, 0.3) is 5.57 Å². The summed E-state index contributed by atoms with van der Waals surface area (Å²) in [5.74, 6) is -1.43. The Morgan fingerprint density at radius 2 is 2.06 bits per heavy atom. The summed E-state index contributed by atoms with van der Waals surface area (Å²) in [4.78, 5) is 0. The maximum Gasteiger partial charge on any atom is 0.133 e. The summed E-state index contributed by atoms with van der Waals surface area (Å²) in [6, 6.07) is 3.16. The van der Waals surface area contributed by atoms with E-state index < -0.39 is 30.3 Å². The summed E-state index contributed by atoms with van der Waals surface area (Å²) in [6.07, 6.45) is 5.26. The van der Waals surface area contributed by atoms with E-state index in [0.29, 0.717) is 12.0 Å². The Bertz CT molecular complexity index is 502. The molecule has 0 spiro atoms. The van der Waals surface area contributed by atoms with Crippen molar-refractivity contribution in [3.8, 4) is 0 Å². The van der Waals surface area contributed by atoms with Crippen LogP contribution >= 0.6 is 0 Å². The molecule has 1 atom stereocenters. The Kier molecular flexibility index (Phi) is 3.57. The molecule has 0 aromatic heterocycles. The Morgan fingerprint density at radius 1 is 1.28 bits per heavy atom. The molecule has 0 aliphatic heterocycles. The monoisotopic (exact) mass is 254 g/mol. The fourth-order valence-electron chi connectivity index (χ4n) is 2.15. The highest BCUT2D eigenvalue weighted by molar-refractivity contribution is 5.73. The van der Waals surface area contributed by atoms with E-state index in [9.17, 15) is 18.3 Å². The van der Waals surface area contributed by atoms with Gasteiger partial charge >= 0.3 is 0 Å². The van der Waals surface area contributed by atoms with E-state index in [2.05, 4.69) is 0 Å². The summed E-state index contributed by atoms with van der Waals surface area (Å²) in [7, 11) is 0. The van der Waals surface area contributed by atoms with Gasteiger partial charge in [-0.2, -0.15) is 0 Å². The van der Waals surface area contributed by atoms with Crippen LogP contribution in [0.4, 0.5) is 13.2 Å². The molecular formula is C14H13F3O. The number of rotatable bonds is 3. The fraction of sp³-hybridized carbons (Fsp3) is 0.286. The average molecular weight is 254 g/mol. The van der Waals surface area contributed by atoms with Gasteiger partial charge in [-0.1, -0.05) is 18.2 Å². The van der Waals surface area contributed by atoms with E-state index in [1.807, 2.05) is 0 Å². The number of halogens is 3. The zero-order valence-electron chi connectivity index (χ0n) is 9.67. The molecule has 0 fully saturated rings. The van der Waals surface area contributed by atoms with E-state index in [-0.39, 0.29) is 5.56 Å². The van der Waals surface area contributed by atoms with Crippen LogP contribution in [-0.2, 0) is 0 Å². The molecule has 0 radical (unpaired) electrons. The van der Waals surface area contributed by atoms with Gasteiger partial charge in [-0.05, 0) is 24.1 Å². The second kappa shape index (κ2) is 4.98. The predicted octanol–water partition coefficient (Wildman–Crippen LogP) is 3.26. The molecule has 0 heterocycles. The molecule has 1 aromatic rings. The third-order valence-electron chi connectivity index (χ3n) is 3.26. The van der Waals surface area contributed by atoms with Crippen molar-refractivity contribution >= 4 is 5.57 Å². The summed E-state index contributed by atoms with van der Waals surface area (Å²) < 4.78 is 39.9. The second-order valence-corrected chi connectivity index (χ2v) is 4.41. The molecule has 2 rings (SSSR count). The summed E-state index contributed by atoms with van der Waals surface area (Å²) in [5.41, 5.74) is -0.632. The van der Waals surface area contributed by atoms with Gasteiger partial charge in [-0.25, -0.2) is 8.78 Å². The Labute approximate surface area is 103 Å². The van der Waals surface area contributed by atoms with Crippen molar-refractivity contribution in [3.63, 3.8) is 0 Å². The van der Waals surface area contributed by atoms with Crippen LogP contribution in [0, 0.1) is 17.0 Å². The minimum atomic E-state index is -1.13. The van der Waals surface area contributed by atoms with Crippen molar-refractivity contribution in [1.29, 1.82) is 0 Å². The smallest absolute Gasteiger partial charge is 0.133 e. The molecule has 18 heavy (non-hydrogen) atoms. The van der Waals surface area contributed by atoms with E-state index in [1.54, 1.807) is 18.2 Å². The molecule has 1 unspecified atom stereocenters. The van der Waals surface area contributed by atoms with Crippen molar-refractivity contribution in [2.45, 2.75) is 6.42 Å². The Morgan fingerprint density at radius 3 is 2.67 bits per heavy atom. The molecule has 1 N–H and O–H groups in total.